The molecule has 4 nitrogen and oxygen atoms in total. The van der Waals surface area contributed by atoms with E-state index in [1.165, 1.54) is 5.56 Å². The van der Waals surface area contributed by atoms with Crippen LogP contribution in [0.25, 0.3) is 0 Å². The summed E-state index contributed by atoms with van der Waals surface area (Å²) in [7, 11) is 0. The van der Waals surface area contributed by atoms with Crippen LogP contribution in [-0.4, -0.2) is 53.2 Å². The monoisotopic (exact) mass is 307 g/mol. The number of carbonyl (C=O) groups is 1. The predicted octanol–water partition coefficient (Wildman–Crippen LogP) is 2.44. The molecular formula is C16H21NO3S. The van der Waals surface area contributed by atoms with Gasteiger partial charge in [0.05, 0.1) is 13.0 Å². The number of benzene rings is 1. The van der Waals surface area contributed by atoms with E-state index in [-0.39, 0.29) is 12.5 Å². The molecule has 0 spiro atoms. The summed E-state index contributed by atoms with van der Waals surface area (Å²) in [5.41, 5.74) is 1.27. The molecule has 2 aliphatic rings. The minimum absolute atomic E-state index is 0.163. The number of hydrogen-bond acceptors (Lipinski definition) is 4. The smallest absolute Gasteiger partial charge is 0.304 e. The van der Waals surface area contributed by atoms with Crippen molar-refractivity contribution in [2.45, 2.75) is 24.8 Å². The molecule has 1 aromatic carbocycles. The number of fused-ring (bicyclic) bond motifs is 1. The van der Waals surface area contributed by atoms with E-state index in [9.17, 15) is 4.79 Å². The second-order valence-corrected chi connectivity index (χ2v) is 6.84. The van der Waals surface area contributed by atoms with Gasteiger partial charge in [-0.05, 0) is 18.1 Å². The number of rotatable bonds is 4. The van der Waals surface area contributed by atoms with Crippen LogP contribution in [0.1, 0.15) is 24.3 Å². The van der Waals surface area contributed by atoms with Gasteiger partial charge in [-0.2, -0.15) is 11.8 Å². The molecule has 0 bridgehead atoms. The number of thioether (sulfide) groups is 1. The summed E-state index contributed by atoms with van der Waals surface area (Å²) in [5.74, 6) is 2.78. The van der Waals surface area contributed by atoms with Crippen LogP contribution in [0.15, 0.2) is 24.3 Å². The summed E-state index contributed by atoms with van der Waals surface area (Å²) in [6, 6.07) is 8.40. The van der Waals surface area contributed by atoms with E-state index in [1.807, 2.05) is 23.9 Å². The molecule has 1 saturated heterocycles. The van der Waals surface area contributed by atoms with E-state index in [2.05, 4.69) is 17.0 Å². The van der Waals surface area contributed by atoms with E-state index in [0.29, 0.717) is 5.92 Å². The fourth-order valence-corrected chi connectivity index (χ4v) is 4.34. The Morgan fingerprint density at radius 2 is 2.29 bits per heavy atom. The minimum Gasteiger partial charge on any atom is -0.493 e. The normalized spacial score (nSPS) is 25.9. The Hall–Kier alpha value is -1.20. The third-order valence-corrected chi connectivity index (χ3v) is 5.39. The Morgan fingerprint density at radius 3 is 3.14 bits per heavy atom. The molecule has 1 N–H and O–H groups in total. The lowest BCUT2D eigenvalue weighted by Crippen LogP contribution is -2.45. The van der Waals surface area contributed by atoms with Crippen LogP contribution in [0.2, 0.25) is 0 Å². The maximum Gasteiger partial charge on any atom is 0.304 e. The molecule has 0 aromatic heterocycles. The molecule has 0 aliphatic carbocycles. The second kappa shape index (κ2) is 6.71. The Balaban J connectivity index is 1.72. The van der Waals surface area contributed by atoms with E-state index < -0.39 is 5.97 Å². The first-order valence-electron chi connectivity index (χ1n) is 7.49. The van der Waals surface area contributed by atoms with Gasteiger partial charge < -0.3 is 9.84 Å². The van der Waals surface area contributed by atoms with Crippen molar-refractivity contribution in [1.29, 1.82) is 0 Å². The average Bonchev–Trinajstić information content (AvgIpc) is 2.49. The maximum atomic E-state index is 11.0. The standard InChI is InChI=1S/C16H21NO3S/c18-16(19)9-13-11-21-8-6-17(13)10-12-5-7-20-15-4-2-1-3-14(12)15/h1-4,12-13H,5-11H2,(H,18,19). The molecule has 2 unspecified atom stereocenters. The number of carboxylic acids is 1. The molecule has 2 aliphatic heterocycles. The van der Waals surface area contributed by atoms with Crippen molar-refractivity contribution in [1.82, 2.24) is 4.90 Å². The highest BCUT2D eigenvalue weighted by Gasteiger charge is 2.29. The molecule has 5 heteroatoms. The first kappa shape index (κ1) is 14.7. The summed E-state index contributed by atoms with van der Waals surface area (Å²) < 4.78 is 5.72. The van der Waals surface area contributed by atoms with Gasteiger partial charge in [0, 0.05) is 36.6 Å². The first-order valence-corrected chi connectivity index (χ1v) is 8.65. The lowest BCUT2D eigenvalue weighted by molar-refractivity contribution is -0.138. The Bertz CT molecular complexity index is 508. The fraction of sp³-hybridized carbons (Fsp3) is 0.562. The molecule has 3 rings (SSSR count). The van der Waals surface area contributed by atoms with E-state index in [4.69, 9.17) is 9.84 Å². The van der Waals surface area contributed by atoms with E-state index in [1.54, 1.807) is 0 Å². The molecule has 1 aromatic rings. The Labute approximate surface area is 129 Å². The predicted molar refractivity (Wildman–Crippen MR) is 84.2 cm³/mol. The van der Waals surface area contributed by atoms with Gasteiger partial charge in [-0.1, -0.05) is 18.2 Å². The zero-order valence-corrected chi connectivity index (χ0v) is 12.8. The van der Waals surface area contributed by atoms with Crippen LogP contribution in [-0.2, 0) is 4.79 Å². The van der Waals surface area contributed by atoms with Crippen LogP contribution in [0.3, 0.4) is 0 Å². The van der Waals surface area contributed by atoms with E-state index in [0.717, 1.165) is 43.4 Å². The highest BCUT2D eigenvalue weighted by molar-refractivity contribution is 7.99. The number of nitrogens with zero attached hydrogens (tertiary/aromatic N) is 1. The number of hydrogen-bond donors (Lipinski definition) is 1. The quantitative estimate of drug-likeness (QED) is 0.926. The largest absolute Gasteiger partial charge is 0.493 e. The van der Waals surface area contributed by atoms with Gasteiger partial charge >= 0.3 is 5.97 Å². The van der Waals surface area contributed by atoms with Crippen LogP contribution in [0, 0.1) is 0 Å². The number of carboxylic acid groups (broad SMARTS) is 1. The fourth-order valence-electron chi connectivity index (χ4n) is 3.21. The highest BCUT2D eigenvalue weighted by Crippen LogP contribution is 2.35. The molecule has 0 amide bonds. The average molecular weight is 307 g/mol. The van der Waals surface area contributed by atoms with Crippen LogP contribution in [0.4, 0.5) is 0 Å². The SMILES string of the molecule is O=C(O)CC1CSCCN1CC1CCOc2ccccc21. The minimum atomic E-state index is -0.695. The van der Waals surface area contributed by atoms with Gasteiger partial charge in [0.25, 0.3) is 0 Å². The van der Waals surface area contributed by atoms with Crippen molar-refractivity contribution < 1.29 is 14.6 Å². The van der Waals surface area contributed by atoms with Gasteiger partial charge in [-0.25, -0.2) is 0 Å². The van der Waals surface area contributed by atoms with Crippen molar-refractivity contribution >= 4 is 17.7 Å². The number of ether oxygens (including phenoxy) is 1. The van der Waals surface area contributed by atoms with Gasteiger partial charge in [0.1, 0.15) is 5.75 Å². The molecule has 114 valence electrons. The van der Waals surface area contributed by atoms with Crippen molar-refractivity contribution in [2.75, 3.05) is 31.2 Å². The number of para-hydroxylation sites is 1. The van der Waals surface area contributed by atoms with Crippen molar-refractivity contribution in [3.05, 3.63) is 29.8 Å². The van der Waals surface area contributed by atoms with Crippen LogP contribution >= 0.6 is 11.8 Å². The zero-order valence-electron chi connectivity index (χ0n) is 12.0. The maximum absolute atomic E-state index is 11.0. The molecule has 0 radical (unpaired) electrons. The van der Waals surface area contributed by atoms with Crippen LogP contribution < -0.4 is 4.74 Å². The molecule has 21 heavy (non-hydrogen) atoms. The summed E-state index contributed by atoms with van der Waals surface area (Å²) in [6.07, 6.45) is 1.26. The highest BCUT2D eigenvalue weighted by atomic mass is 32.2. The van der Waals surface area contributed by atoms with Gasteiger partial charge in [-0.15, -0.1) is 0 Å². The summed E-state index contributed by atoms with van der Waals surface area (Å²) in [6.45, 7) is 2.69. The molecule has 1 fully saturated rings. The van der Waals surface area contributed by atoms with E-state index >= 15 is 0 Å². The van der Waals surface area contributed by atoms with Crippen molar-refractivity contribution in [3.8, 4) is 5.75 Å². The van der Waals surface area contributed by atoms with Gasteiger partial charge in [-0.3, -0.25) is 9.69 Å². The van der Waals surface area contributed by atoms with Crippen molar-refractivity contribution in [3.63, 3.8) is 0 Å². The summed E-state index contributed by atoms with van der Waals surface area (Å²) in [5, 5.41) is 9.09. The number of aliphatic carboxylic acids is 1. The van der Waals surface area contributed by atoms with Crippen LogP contribution in [0.5, 0.6) is 5.75 Å². The lowest BCUT2D eigenvalue weighted by atomic mass is 9.92. The zero-order chi connectivity index (χ0) is 14.7. The summed E-state index contributed by atoms with van der Waals surface area (Å²) >= 11 is 1.87. The topological polar surface area (TPSA) is 49.8 Å². The van der Waals surface area contributed by atoms with Gasteiger partial charge in [0.2, 0.25) is 0 Å². The van der Waals surface area contributed by atoms with Gasteiger partial charge in [0.15, 0.2) is 0 Å². The molecule has 0 saturated carbocycles. The van der Waals surface area contributed by atoms with Crippen molar-refractivity contribution in [2.24, 2.45) is 0 Å². The summed E-state index contributed by atoms with van der Waals surface area (Å²) in [4.78, 5) is 13.4. The third-order valence-electron chi connectivity index (χ3n) is 4.30. The third kappa shape index (κ3) is 3.52. The Kier molecular flexibility index (Phi) is 4.70. The molecular weight excluding hydrogens is 286 g/mol. The molecule has 2 heterocycles. The second-order valence-electron chi connectivity index (χ2n) is 5.69. The Morgan fingerprint density at radius 1 is 1.43 bits per heavy atom. The lowest BCUT2D eigenvalue weighted by Gasteiger charge is -2.38. The molecule has 2 atom stereocenters. The first-order chi connectivity index (χ1) is 10.2.